The van der Waals surface area contributed by atoms with Gasteiger partial charge in [0.25, 0.3) is 0 Å². The molecule has 0 aromatic carbocycles. The molecule has 0 aromatic rings. The third kappa shape index (κ3) is 15.8. The summed E-state index contributed by atoms with van der Waals surface area (Å²) in [5.74, 6) is 0. The van der Waals surface area contributed by atoms with E-state index in [1.807, 2.05) is 0 Å². The second-order valence-electron chi connectivity index (χ2n) is 3.53. The second-order valence-corrected chi connectivity index (χ2v) is 3.53. The lowest BCUT2D eigenvalue weighted by Crippen LogP contribution is -2.11. The standard InChI is InChI=1S/C12H26O5/c1-13-5-3-7-15-9-11-17-12-10-16-8-4-6-14-2/h3-12H2,1-2H3. The zero-order valence-corrected chi connectivity index (χ0v) is 11.1. The predicted molar refractivity (Wildman–Crippen MR) is 65.4 cm³/mol. The minimum Gasteiger partial charge on any atom is -0.385 e. The first-order chi connectivity index (χ1) is 8.41. The molecule has 0 N–H and O–H groups in total. The highest BCUT2D eigenvalue weighted by atomic mass is 16.5. The molecule has 0 aliphatic heterocycles. The summed E-state index contributed by atoms with van der Waals surface area (Å²) in [6.07, 6.45) is 1.86. The zero-order valence-electron chi connectivity index (χ0n) is 11.1. The average molecular weight is 250 g/mol. The van der Waals surface area contributed by atoms with Gasteiger partial charge in [0.05, 0.1) is 26.4 Å². The van der Waals surface area contributed by atoms with E-state index in [0.29, 0.717) is 26.4 Å². The number of methoxy groups -OCH3 is 2. The van der Waals surface area contributed by atoms with Gasteiger partial charge in [-0.3, -0.25) is 0 Å². The smallest absolute Gasteiger partial charge is 0.0701 e. The molecule has 0 heterocycles. The van der Waals surface area contributed by atoms with Gasteiger partial charge in [0.15, 0.2) is 0 Å². The Bertz CT molecular complexity index is 118. The molecule has 0 aliphatic carbocycles. The van der Waals surface area contributed by atoms with Crippen LogP contribution >= 0.6 is 0 Å². The minimum atomic E-state index is 0.619. The van der Waals surface area contributed by atoms with E-state index in [2.05, 4.69) is 0 Å². The highest BCUT2D eigenvalue weighted by Gasteiger charge is 1.92. The Morgan fingerprint density at radius 3 is 1.18 bits per heavy atom. The number of hydrogen-bond acceptors (Lipinski definition) is 5. The molecule has 0 fully saturated rings. The van der Waals surface area contributed by atoms with Crippen molar-refractivity contribution in [2.24, 2.45) is 0 Å². The van der Waals surface area contributed by atoms with Crippen LogP contribution in [0.4, 0.5) is 0 Å². The van der Waals surface area contributed by atoms with Crippen LogP contribution in [0.25, 0.3) is 0 Å². The van der Waals surface area contributed by atoms with Crippen LogP contribution in [0.3, 0.4) is 0 Å². The van der Waals surface area contributed by atoms with Gasteiger partial charge in [-0.05, 0) is 12.8 Å². The molecular weight excluding hydrogens is 224 g/mol. The minimum absolute atomic E-state index is 0.619. The summed E-state index contributed by atoms with van der Waals surface area (Å²) < 4.78 is 25.8. The zero-order chi connectivity index (χ0) is 12.6. The van der Waals surface area contributed by atoms with Crippen molar-refractivity contribution in [3.8, 4) is 0 Å². The van der Waals surface area contributed by atoms with Gasteiger partial charge >= 0.3 is 0 Å². The van der Waals surface area contributed by atoms with Crippen LogP contribution in [0.5, 0.6) is 0 Å². The lowest BCUT2D eigenvalue weighted by Gasteiger charge is -2.06. The molecule has 0 spiro atoms. The van der Waals surface area contributed by atoms with Crippen molar-refractivity contribution in [1.82, 2.24) is 0 Å². The number of rotatable bonds is 14. The summed E-state index contributed by atoms with van der Waals surface area (Å²) in [6, 6.07) is 0. The first-order valence-corrected chi connectivity index (χ1v) is 6.13. The van der Waals surface area contributed by atoms with Gasteiger partial charge in [0, 0.05) is 40.6 Å². The van der Waals surface area contributed by atoms with Gasteiger partial charge < -0.3 is 23.7 Å². The third-order valence-corrected chi connectivity index (χ3v) is 2.02. The molecule has 0 unspecified atom stereocenters. The van der Waals surface area contributed by atoms with Crippen molar-refractivity contribution in [3.05, 3.63) is 0 Å². The van der Waals surface area contributed by atoms with Gasteiger partial charge in [0.2, 0.25) is 0 Å². The quantitative estimate of drug-likeness (QED) is 0.432. The molecule has 0 aliphatic rings. The summed E-state index contributed by atoms with van der Waals surface area (Å²) in [4.78, 5) is 0. The second kappa shape index (κ2) is 15.8. The maximum absolute atomic E-state index is 5.33. The van der Waals surface area contributed by atoms with E-state index in [-0.39, 0.29) is 0 Å². The van der Waals surface area contributed by atoms with Crippen LogP contribution in [0.2, 0.25) is 0 Å². The highest BCUT2D eigenvalue weighted by Crippen LogP contribution is 1.86. The van der Waals surface area contributed by atoms with E-state index < -0.39 is 0 Å². The molecule has 0 saturated heterocycles. The monoisotopic (exact) mass is 250 g/mol. The lowest BCUT2D eigenvalue weighted by molar-refractivity contribution is 0.00848. The maximum atomic E-state index is 5.33. The molecule has 17 heavy (non-hydrogen) atoms. The Morgan fingerprint density at radius 1 is 0.471 bits per heavy atom. The Kier molecular flexibility index (Phi) is 15.6. The molecule has 0 atom stereocenters. The Morgan fingerprint density at radius 2 is 0.824 bits per heavy atom. The topological polar surface area (TPSA) is 46.2 Å². The van der Waals surface area contributed by atoms with Crippen molar-refractivity contribution >= 4 is 0 Å². The number of hydrogen-bond donors (Lipinski definition) is 0. The largest absolute Gasteiger partial charge is 0.385 e. The fraction of sp³-hybridized carbons (Fsp3) is 1.00. The summed E-state index contributed by atoms with van der Waals surface area (Å²) in [5.41, 5.74) is 0. The highest BCUT2D eigenvalue weighted by molar-refractivity contribution is 4.37. The Hall–Kier alpha value is -0.200. The van der Waals surface area contributed by atoms with Crippen molar-refractivity contribution in [1.29, 1.82) is 0 Å². The van der Waals surface area contributed by atoms with Gasteiger partial charge in [-0.15, -0.1) is 0 Å². The first kappa shape index (κ1) is 16.8. The van der Waals surface area contributed by atoms with Crippen LogP contribution < -0.4 is 0 Å². The van der Waals surface area contributed by atoms with Crippen molar-refractivity contribution < 1.29 is 23.7 Å². The predicted octanol–water partition coefficient (Wildman–Crippen LogP) is 1.11. The fourth-order valence-corrected chi connectivity index (χ4v) is 1.15. The summed E-state index contributed by atoms with van der Waals surface area (Å²) in [7, 11) is 3.38. The van der Waals surface area contributed by atoms with Crippen molar-refractivity contribution in [3.63, 3.8) is 0 Å². The van der Waals surface area contributed by atoms with E-state index in [1.54, 1.807) is 14.2 Å². The van der Waals surface area contributed by atoms with Crippen LogP contribution in [-0.2, 0) is 23.7 Å². The van der Waals surface area contributed by atoms with Gasteiger partial charge in [-0.1, -0.05) is 0 Å². The Balaban J connectivity index is 2.85. The molecule has 0 saturated carbocycles. The van der Waals surface area contributed by atoms with Gasteiger partial charge in [-0.25, -0.2) is 0 Å². The molecule has 0 amide bonds. The van der Waals surface area contributed by atoms with E-state index >= 15 is 0 Å². The molecule has 0 aromatic heterocycles. The van der Waals surface area contributed by atoms with E-state index in [4.69, 9.17) is 23.7 Å². The van der Waals surface area contributed by atoms with E-state index in [0.717, 1.165) is 39.3 Å². The van der Waals surface area contributed by atoms with Crippen molar-refractivity contribution in [2.45, 2.75) is 12.8 Å². The molecular formula is C12H26O5. The van der Waals surface area contributed by atoms with E-state index in [9.17, 15) is 0 Å². The maximum Gasteiger partial charge on any atom is 0.0701 e. The van der Waals surface area contributed by atoms with E-state index in [1.165, 1.54) is 0 Å². The molecule has 0 bridgehead atoms. The Labute approximate surface area is 104 Å². The van der Waals surface area contributed by atoms with Crippen LogP contribution in [-0.4, -0.2) is 67.1 Å². The number of ether oxygens (including phenoxy) is 5. The van der Waals surface area contributed by atoms with Crippen LogP contribution in [0.1, 0.15) is 12.8 Å². The summed E-state index contributed by atoms with van der Waals surface area (Å²) >= 11 is 0. The van der Waals surface area contributed by atoms with Crippen LogP contribution in [0.15, 0.2) is 0 Å². The molecule has 0 radical (unpaired) electrons. The average Bonchev–Trinajstić information content (AvgIpc) is 2.35. The molecule has 5 heteroatoms. The fourth-order valence-electron chi connectivity index (χ4n) is 1.15. The van der Waals surface area contributed by atoms with Gasteiger partial charge in [0.1, 0.15) is 0 Å². The SMILES string of the molecule is COCCCOCCOCCOCCCOC. The van der Waals surface area contributed by atoms with Crippen LogP contribution in [0, 0.1) is 0 Å². The first-order valence-electron chi connectivity index (χ1n) is 6.13. The molecule has 5 nitrogen and oxygen atoms in total. The molecule has 104 valence electrons. The normalized spacial score (nSPS) is 10.9. The summed E-state index contributed by atoms with van der Waals surface area (Å²) in [6.45, 7) is 5.45. The summed E-state index contributed by atoms with van der Waals surface area (Å²) in [5, 5.41) is 0. The molecule has 0 rings (SSSR count). The third-order valence-electron chi connectivity index (χ3n) is 2.02. The van der Waals surface area contributed by atoms with Gasteiger partial charge in [-0.2, -0.15) is 0 Å². The lowest BCUT2D eigenvalue weighted by atomic mass is 10.5. The van der Waals surface area contributed by atoms with Crippen molar-refractivity contribution in [2.75, 3.05) is 67.1 Å².